The smallest absolute Gasteiger partial charge is 0.141 e. The first-order valence-corrected chi connectivity index (χ1v) is 8.07. The zero-order valence-electron chi connectivity index (χ0n) is 12.2. The van der Waals surface area contributed by atoms with Crippen LogP contribution in [0.15, 0.2) is 71.6 Å². The number of rotatable bonds is 3. The second-order valence-corrected chi connectivity index (χ2v) is 6.05. The predicted molar refractivity (Wildman–Crippen MR) is 94.0 cm³/mol. The van der Waals surface area contributed by atoms with E-state index in [1.807, 2.05) is 42.6 Å². The number of aromatic nitrogens is 4. The summed E-state index contributed by atoms with van der Waals surface area (Å²) in [6.45, 7) is 0.657. The lowest BCUT2D eigenvalue weighted by Crippen LogP contribution is -2.04. The normalized spacial score (nSPS) is 11.0. The number of pyridine rings is 2. The molecule has 4 aromatic rings. The Balaban J connectivity index is 1.95. The summed E-state index contributed by atoms with van der Waals surface area (Å²) in [4.78, 5) is 13.5. The van der Waals surface area contributed by atoms with Crippen LogP contribution in [0.25, 0.3) is 22.4 Å². The van der Waals surface area contributed by atoms with Crippen LogP contribution in [0.3, 0.4) is 0 Å². The molecule has 0 aliphatic rings. The first-order valence-electron chi connectivity index (χ1n) is 7.28. The van der Waals surface area contributed by atoms with Gasteiger partial charge in [-0.2, -0.15) is 0 Å². The zero-order valence-corrected chi connectivity index (χ0v) is 13.8. The van der Waals surface area contributed by atoms with Crippen molar-refractivity contribution in [2.75, 3.05) is 0 Å². The minimum Gasteiger partial charge on any atom is -0.317 e. The van der Waals surface area contributed by atoms with Gasteiger partial charge in [-0.1, -0.05) is 36.4 Å². The Morgan fingerprint density at radius 1 is 0.957 bits per heavy atom. The summed E-state index contributed by atoms with van der Waals surface area (Å²) in [6.07, 6.45) is 5.41. The van der Waals surface area contributed by atoms with Crippen molar-refractivity contribution in [3.05, 3.63) is 77.3 Å². The van der Waals surface area contributed by atoms with Crippen LogP contribution in [0, 0.1) is 0 Å². The van der Waals surface area contributed by atoms with Crippen LogP contribution >= 0.6 is 15.9 Å². The highest BCUT2D eigenvalue weighted by Gasteiger charge is 2.15. The van der Waals surface area contributed by atoms with Crippen molar-refractivity contribution in [2.24, 2.45) is 0 Å². The maximum Gasteiger partial charge on any atom is 0.141 e. The maximum atomic E-state index is 4.78. The van der Waals surface area contributed by atoms with E-state index in [0.717, 1.165) is 32.6 Å². The van der Waals surface area contributed by atoms with E-state index in [4.69, 9.17) is 4.98 Å². The Bertz CT molecular complexity index is 949. The molecule has 3 heterocycles. The fraction of sp³-hybridized carbons (Fsp3) is 0.0556. The monoisotopic (exact) mass is 364 g/mol. The second-order valence-electron chi connectivity index (χ2n) is 5.20. The van der Waals surface area contributed by atoms with Crippen LogP contribution in [-0.2, 0) is 6.54 Å². The highest BCUT2D eigenvalue weighted by molar-refractivity contribution is 9.10. The van der Waals surface area contributed by atoms with Crippen molar-refractivity contribution >= 4 is 27.0 Å². The van der Waals surface area contributed by atoms with E-state index in [-0.39, 0.29) is 0 Å². The van der Waals surface area contributed by atoms with Gasteiger partial charge in [-0.25, -0.2) is 4.98 Å². The van der Waals surface area contributed by atoms with E-state index in [9.17, 15) is 0 Å². The maximum absolute atomic E-state index is 4.78. The Kier molecular flexibility index (Phi) is 3.63. The molecule has 3 aromatic heterocycles. The molecule has 0 aliphatic carbocycles. The van der Waals surface area contributed by atoms with Crippen LogP contribution < -0.4 is 0 Å². The number of imidazole rings is 1. The summed E-state index contributed by atoms with van der Waals surface area (Å²) in [5, 5.41) is 0. The van der Waals surface area contributed by atoms with Crippen molar-refractivity contribution in [1.29, 1.82) is 0 Å². The minimum atomic E-state index is 0.657. The highest BCUT2D eigenvalue weighted by Crippen LogP contribution is 2.29. The van der Waals surface area contributed by atoms with Gasteiger partial charge in [0.2, 0.25) is 0 Å². The Labute approximate surface area is 142 Å². The quantitative estimate of drug-likeness (QED) is 0.544. The number of benzene rings is 1. The molecule has 5 heteroatoms. The molecule has 4 rings (SSSR count). The third-order valence-corrected chi connectivity index (χ3v) is 4.26. The molecule has 0 radical (unpaired) electrons. The van der Waals surface area contributed by atoms with Gasteiger partial charge in [0.25, 0.3) is 0 Å². The van der Waals surface area contributed by atoms with E-state index >= 15 is 0 Å². The number of hydrogen-bond donors (Lipinski definition) is 0. The summed E-state index contributed by atoms with van der Waals surface area (Å²) in [7, 11) is 0. The van der Waals surface area contributed by atoms with Crippen LogP contribution in [0.1, 0.15) is 5.69 Å². The van der Waals surface area contributed by atoms with Crippen LogP contribution in [0.5, 0.6) is 0 Å². The molecule has 0 spiro atoms. The van der Waals surface area contributed by atoms with Crippen molar-refractivity contribution < 1.29 is 0 Å². The van der Waals surface area contributed by atoms with Gasteiger partial charge in [0.15, 0.2) is 0 Å². The van der Waals surface area contributed by atoms with E-state index in [0.29, 0.717) is 6.54 Å². The molecule has 1 aromatic carbocycles. The lowest BCUT2D eigenvalue weighted by Gasteiger charge is -2.09. The summed E-state index contributed by atoms with van der Waals surface area (Å²) in [6, 6.07) is 16.1. The average Bonchev–Trinajstić information content (AvgIpc) is 2.96. The SMILES string of the molecule is Brc1cncc2nc(-c3ccccc3)n(Cc3ccccn3)c12. The first kappa shape index (κ1) is 14.1. The molecule has 0 saturated heterocycles. The van der Waals surface area contributed by atoms with Crippen LogP contribution in [0.4, 0.5) is 0 Å². The van der Waals surface area contributed by atoms with Gasteiger partial charge >= 0.3 is 0 Å². The van der Waals surface area contributed by atoms with Gasteiger partial charge in [-0.15, -0.1) is 0 Å². The fourth-order valence-corrected chi connectivity index (χ4v) is 3.20. The van der Waals surface area contributed by atoms with Gasteiger partial charge in [0, 0.05) is 18.0 Å². The minimum absolute atomic E-state index is 0.657. The fourth-order valence-electron chi connectivity index (χ4n) is 2.66. The Hall–Kier alpha value is -2.53. The van der Waals surface area contributed by atoms with Crippen molar-refractivity contribution in [2.45, 2.75) is 6.54 Å². The molecule has 0 aliphatic heterocycles. The number of nitrogens with zero attached hydrogens (tertiary/aromatic N) is 4. The van der Waals surface area contributed by atoms with Crippen molar-refractivity contribution in [1.82, 2.24) is 19.5 Å². The molecular weight excluding hydrogens is 352 g/mol. The second kappa shape index (κ2) is 5.93. The van der Waals surface area contributed by atoms with Gasteiger partial charge < -0.3 is 4.57 Å². The lowest BCUT2D eigenvalue weighted by atomic mass is 10.2. The highest BCUT2D eigenvalue weighted by atomic mass is 79.9. The van der Waals surface area contributed by atoms with Gasteiger partial charge in [-0.05, 0) is 28.1 Å². The summed E-state index contributed by atoms with van der Waals surface area (Å²) >= 11 is 3.60. The summed E-state index contributed by atoms with van der Waals surface area (Å²) < 4.78 is 3.11. The average molecular weight is 365 g/mol. The molecule has 4 nitrogen and oxygen atoms in total. The molecule has 0 fully saturated rings. The van der Waals surface area contributed by atoms with E-state index < -0.39 is 0 Å². The van der Waals surface area contributed by atoms with Crippen molar-refractivity contribution in [3.63, 3.8) is 0 Å². The summed E-state index contributed by atoms with van der Waals surface area (Å²) in [5.41, 5.74) is 3.97. The molecule has 112 valence electrons. The molecule has 0 saturated carbocycles. The van der Waals surface area contributed by atoms with E-state index in [1.54, 1.807) is 12.4 Å². The van der Waals surface area contributed by atoms with Crippen LogP contribution in [-0.4, -0.2) is 19.5 Å². The lowest BCUT2D eigenvalue weighted by molar-refractivity contribution is 0.805. The van der Waals surface area contributed by atoms with Crippen LogP contribution in [0.2, 0.25) is 0 Å². The molecule has 0 amide bonds. The molecule has 0 bridgehead atoms. The van der Waals surface area contributed by atoms with Gasteiger partial charge in [-0.3, -0.25) is 9.97 Å². The standard InChI is InChI=1S/C18H13BrN4/c19-15-10-20-11-16-17(15)23(12-14-8-4-5-9-21-14)18(22-16)13-6-2-1-3-7-13/h1-11H,12H2. The molecule has 23 heavy (non-hydrogen) atoms. The number of fused-ring (bicyclic) bond motifs is 1. The topological polar surface area (TPSA) is 43.6 Å². The third-order valence-electron chi connectivity index (χ3n) is 3.68. The van der Waals surface area contributed by atoms with E-state index in [2.05, 4.69) is 42.6 Å². The number of hydrogen-bond acceptors (Lipinski definition) is 3. The van der Waals surface area contributed by atoms with Gasteiger partial charge in [0.1, 0.15) is 11.3 Å². The largest absolute Gasteiger partial charge is 0.317 e. The molecule has 0 unspecified atom stereocenters. The molecular formula is C18H13BrN4. The first-order chi connectivity index (χ1) is 11.3. The predicted octanol–water partition coefficient (Wildman–Crippen LogP) is 4.30. The zero-order chi connectivity index (χ0) is 15.6. The summed E-state index contributed by atoms with van der Waals surface area (Å²) in [5.74, 6) is 0.917. The molecule has 0 N–H and O–H groups in total. The molecule has 0 atom stereocenters. The number of halogens is 1. The Morgan fingerprint density at radius 2 is 1.78 bits per heavy atom. The third kappa shape index (κ3) is 2.64. The van der Waals surface area contributed by atoms with Crippen molar-refractivity contribution in [3.8, 4) is 11.4 Å². The van der Waals surface area contributed by atoms with Gasteiger partial charge in [0.05, 0.1) is 28.4 Å². The van der Waals surface area contributed by atoms with E-state index in [1.165, 1.54) is 0 Å². The Morgan fingerprint density at radius 3 is 2.57 bits per heavy atom.